The van der Waals surface area contributed by atoms with Crippen molar-refractivity contribution in [3.63, 3.8) is 0 Å². The lowest BCUT2D eigenvalue weighted by Crippen LogP contribution is -2.35. The van der Waals surface area contributed by atoms with E-state index in [-0.39, 0.29) is 30.1 Å². The first-order chi connectivity index (χ1) is 11.9. The molecule has 1 N–H and O–H groups in total. The second-order valence-electron chi connectivity index (χ2n) is 5.98. The number of halogens is 1. The Balaban J connectivity index is 2.03. The Labute approximate surface area is 147 Å². The summed E-state index contributed by atoms with van der Waals surface area (Å²) in [6.07, 6.45) is 0. The first kappa shape index (κ1) is 18.8. The fourth-order valence-corrected chi connectivity index (χ4v) is 2.68. The molecule has 0 aromatic heterocycles. The van der Waals surface area contributed by atoms with Gasteiger partial charge in [-0.25, -0.2) is 4.39 Å². The molecular weight excluding hydrogens is 319 g/mol. The van der Waals surface area contributed by atoms with Gasteiger partial charge in [0.25, 0.3) is 0 Å². The first-order valence-electron chi connectivity index (χ1n) is 8.31. The molecule has 0 bridgehead atoms. The van der Waals surface area contributed by atoms with E-state index in [9.17, 15) is 14.0 Å². The van der Waals surface area contributed by atoms with Gasteiger partial charge in [0.15, 0.2) is 5.78 Å². The molecule has 2 aromatic carbocycles. The van der Waals surface area contributed by atoms with Crippen molar-refractivity contribution in [1.29, 1.82) is 0 Å². The zero-order valence-corrected chi connectivity index (χ0v) is 14.8. The highest BCUT2D eigenvalue weighted by atomic mass is 19.1. The molecule has 1 unspecified atom stereocenters. The molecule has 132 valence electrons. The van der Waals surface area contributed by atoms with Crippen LogP contribution in [0, 0.1) is 5.82 Å². The number of rotatable bonds is 7. The van der Waals surface area contributed by atoms with Crippen LogP contribution in [-0.2, 0) is 4.79 Å². The fourth-order valence-electron chi connectivity index (χ4n) is 2.68. The van der Waals surface area contributed by atoms with Crippen LogP contribution < -0.4 is 5.32 Å². The number of hydrogen-bond acceptors (Lipinski definition) is 3. The van der Waals surface area contributed by atoms with E-state index in [1.807, 2.05) is 18.7 Å². The number of nitrogens with one attached hydrogen (secondary N) is 1. The summed E-state index contributed by atoms with van der Waals surface area (Å²) in [5, 5.41) is 2.82. The maximum atomic E-state index is 13.1. The molecule has 0 radical (unpaired) electrons. The van der Waals surface area contributed by atoms with Crippen LogP contribution in [-0.4, -0.2) is 29.7 Å². The molecule has 0 spiro atoms. The molecule has 25 heavy (non-hydrogen) atoms. The minimum Gasteiger partial charge on any atom is -0.325 e. The van der Waals surface area contributed by atoms with E-state index >= 15 is 0 Å². The predicted octanol–water partition coefficient (Wildman–Crippen LogP) is 4.05. The summed E-state index contributed by atoms with van der Waals surface area (Å²) < 4.78 is 13.1. The van der Waals surface area contributed by atoms with Gasteiger partial charge < -0.3 is 5.32 Å². The van der Waals surface area contributed by atoms with Crippen molar-refractivity contribution in [3.05, 3.63) is 65.5 Å². The number of carbonyl (C=O) groups excluding carboxylic acids is 2. The van der Waals surface area contributed by atoms with Crippen molar-refractivity contribution in [2.24, 2.45) is 0 Å². The van der Waals surface area contributed by atoms with Crippen LogP contribution >= 0.6 is 0 Å². The van der Waals surface area contributed by atoms with Crippen LogP contribution in [0.2, 0.25) is 0 Å². The van der Waals surface area contributed by atoms with Crippen LogP contribution in [0.15, 0.2) is 48.5 Å². The van der Waals surface area contributed by atoms with Gasteiger partial charge in [-0.05, 0) is 50.2 Å². The molecule has 0 aliphatic carbocycles. The van der Waals surface area contributed by atoms with Gasteiger partial charge in [0.1, 0.15) is 5.82 Å². The fraction of sp³-hybridized carbons (Fsp3) is 0.300. The molecule has 0 saturated heterocycles. The van der Waals surface area contributed by atoms with Crippen LogP contribution in [0.4, 0.5) is 10.1 Å². The number of ketones is 1. The van der Waals surface area contributed by atoms with E-state index in [0.717, 1.165) is 5.56 Å². The van der Waals surface area contributed by atoms with Crippen LogP contribution in [0.1, 0.15) is 42.7 Å². The highest BCUT2D eigenvalue weighted by Gasteiger charge is 2.17. The van der Waals surface area contributed by atoms with Crippen molar-refractivity contribution >= 4 is 17.4 Å². The molecular formula is C20H23FN2O2. The molecule has 0 aliphatic heterocycles. The largest absolute Gasteiger partial charge is 0.325 e. The minimum atomic E-state index is -0.276. The molecule has 2 aromatic rings. The minimum absolute atomic E-state index is 0.0140. The van der Waals surface area contributed by atoms with E-state index in [0.29, 0.717) is 17.8 Å². The first-order valence-corrected chi connectivity index (χ1v) is 8.31. The van der Waals surface area contributed by atoms with Crippen molar-refractivity contribution in [3.8, 4) is 0 Å². The molecule has 5 heteroatoms. The second-order valence-corrected chi connectivity index (χ2v) is 5.98. The summed E-state index contributed by atoms with van der Waals surface area (Å²) in [4.78, 5) is 25.8. The number of hydrogen-bond donors (Lipinski definition) is 1. The Morgan fingerprint density at radius 2 is 1.84 bits per heavy atom. The molecule has 0 saturated carbocycles. The van der Waals surface area contributed by atoms with Crippen molar-refractivity contribution in [2.75, 3.05) is 18.4 Å². The normalized spacial score (nSPS) is 12.0. The third-order valence-corrected chi connectivity index (χ3v) is 4.21. The Morgan fingerprint density at radius 3 is 2.44 bits per heavy atom. The SMILES string of the molecule is CCN(CC(=O)Nc1cccc(C(C)=O)c1)C(C)c1ccc(F)cc1. The summed E-state index contributed by atoms with van der Waals surface area (Å²) in [7, 11) is 0. The molecule has 2 rings (SSSR count). The lowest BCUT2D eigenvalue weighted by molar-refractivity contribution is -0.117. The molecule has 0 heterocycles. The molecule has 1 atom stereocenters. The standard InChI is InChI=1S/C20H23FN2O2/c1-4-23(14(2)16-8-10-18(21)11-9-16)13-20(25)22-19-7-5-6-17(12-19)15(3)24/h5-12,14H,4,13H2,1-3H3,(H,22,25). The van der Waals surface area contributed by atoms with Crippen LogP contribution in [0.25, 0.3) is 0 Å². The van der Waals surface area contributed by atoms with E-state index in [2.05, 4.69) is 5.32 Å². The lowest BCUT2D eigenvalue weighted by Gasteiger charge is -2.27. The van der Waals surface area contributed by atoms with Gasteiger partial charge in [-0.3, -0.25) is 14.5 Å². The Morgan fingerprint density at radius 1 is 1.16 bits per heavy atom. The highest BCUT2D eigenvalue weighted by Crippen LogP contribution is 2.20. The number of likely N-dealkylation sites (N-methyl/N-ethyl adjacent to an activating group) is 1. The maximum absolute atomic E-state index is 13.1. The van der Waals surface area contributed by atoms with Crippen molar-refractivity contribution < 1.29 is 14.0 Å². The summed E-state index contributed by atoms with van der Waals surface area (Å²) in [5.74, 6) is -0.477. The summed E-state index contributed by atoms with van der Waals surface area (Å²) in [5.41, 5.74) is 2.11. The Bertz CT molecular complexity index is 744. The molecule has 0 aliphatic rings. The Kier molecular flexibility index (Phi) is 6.42. The lowest BCUT2D eigenvalue weighted by atomic mass is 10.1. The number of anilines is 1. The van der Waals surface area contributed by atoms with E-state index < -0.39 is 0 Å². The van der Waals surface area contributed by atoms with Crippen LogP contribution in [0.3, 0.4) is 0 Å². The second kappa shape index (κ2) is 8.53. The zero-order valence-electron chi connectivity index (χ0n) is 14.8. The van der Waals surface area contributed by atoms with Crippen molar-refractivity contribution in [2.45, 2.75) is 26.8 Å². The molecule has 1 amide bonds. The summed E-state index contributed by atoms with van der Waals surface area (Å²) in [6, 6.07) is 13.2. The van der Waals surface area contributed by atoms with Crippen molar-refractivity contribution in [1.82, 2.24) is 4.90 Å². The quantitative estimate of drug-likeness (QED) is 0.772. The number of benzene rings is 2. The maximum Gasteiger partial charge on any atom is 0.238 e. The third kappa shape index (κ3) is 5.22. The van der Waals surface area contributed by atoms with Gasteiger partial charge in [0.2, 0.25) is 5.91 Å². The van der Waals surface area contributed by atoms with Gasteiger partial charge in [-0.2, -0.15) is 0 Å². The van der Waals surface area contributed by atoms with Gasteiger partial charge in [-0.15, -0.1) is 0 Å². The van der Waals surface area contributed by atoms with E-state index in [1.165, 1.54) is 19.1 Å². The van der Waals surface area contributed by atoms with Gasteiger partial charge in [-0.1, -0.05) is 31.2 Å². The van der Waals surface area contributed by atoms with Gasteiger partial charge in [0, 0.05) is 17.3 Å². The predicted molar refractivity (Wildman–Crippen MR) is 97.1 cm³/mol. The summed E-state index contributed by atoms with van der Waals surface area (Å²) in [6.45, 7) is 6.34. The number of Topliss-reactive ketones (excluding diaryl/α,β-unsaturated/α-hetero) is 1. The molecule has 4 nitrogen and oxygen atoms in total. The zero-order chi connectivity index (χ0) is 18.4. The average Bonchev–Trinajstić information content (AvgIpc) is 2.60. The average molecular weight is 342 g/mol. The molecule has 0 fully saturated rings. The van der Waals surface area contributed by atoms with E-state index in [1.54, 1.807) is 36.4 Å². The van der Waals surface area contributed by atoms with Gasteiger partial charge >= 0.3 is 0 Å². The summed E-state index contributed by atoms with van der Waals surface area (Å²) >= 11 is 0. The smallest absolute Gasteiger partial charge is 0.238 e. The van der Waals surface area contributed by atoms with E-state index in [4.69, 9.17) is 0 Å². The monoisotopic (exact) mass is 342 g/mol. The number of carbonyl (C=O) groups is 2. The Hall–Kier alpha value is -2.53. The van der Waals surface area contributed by atoms with Gasteiger partial charge in [0.05, 0.1) is 6.54 Å². The van der Waals surface area contributed by atoms with Crippen LogP contribution in [0.5, 0.6) is 0 Å². The third-order valence-electron chi connectivity index (χ3n) is 4.21. The topological polar surface area (TPSA) is 49.4 Å². The number of amides is 1. The number of nitrogens with zero attached hydrogens (tertiary/aromatic N) is 1. The highest BCUT2D eigenvalue weighted by molar-refractivity contribution is 5.97.